The molecular formula is C20H23N3OS2. The predicted octanol–water partition coefficient (Wildman–Crippen LogP) is 4.80. The molecule has 6 heteroatoms. The van der Waals surface area contributed by atoms with Gasteiger partial charge >= 0.3 is 0 Å². The molecule has 3 heterocycles. The van der Waals surface area contributed by atoms with Crippen molar-refractivity contribution in [3.63, 3.8) is 0 Å². The van der Waals surface area contributed by atoms with Crippen LogP contribution in [0.5, 0.6) is 0 Å². The van der Waals surface area contributed by atoms with E-state index in [-0.39, 0.29) is 5.91 Å². The molecule has 0 bridgehead atoms. The molecule has 136 valence electrons. The molecule has 26 heavy (non-hydrogen) atoms. The number of hydrogen-bond donors (Lipinski definition) is 1. The van der Waals surface area contributed by atoms with Crippen LogP contribution < -0.4 is 10.2 Å². The van der Waals surface area contributed by atoms with Crippen molar-refractivity contribution in [3.8, 4) is 0 Å². The largest absolute Gasteiger partial charge is 0.357 e. The Morgan fingerprint density at radius 2 is 1.73 bits per heavy atom. The number of rotatable bonds is 4. The normalized spacial score (nSPS) is 18.1. The molecule has 0 spiro atoms. The lowest BCUT2D eigenvalue weighted by Crippen LogP contribution is -2.19. The van der Waals surface area contributed by atoms with Crippen molar-refractivity contribution in [1.29, 1.82) is 0 Å². The molecule has 2 fully saturated rings. The van der Waals surface area contributed by atoms with Gasteiger partial charge in [-0.3, -0.25) is 4.79 Å². The summed E-state index contributed by atoms with van der Waals surface area (Å²) in [5.74, 6) is 3.35. The average Bonchev–Trinajstić information content (AvgIpc) is 3.24. The first-order valence-electron chi connectivity index (χ1n) is 9.15. The molecule has 1 aromatic heterocycles. The topological polar surface area (TPSA) is 45.2 Å². The first-order chi connectivity index (χ1) is 12.8. The van der Waals surface area contributed by atoms with Gasteiger partial charge in [0.05, 0.1) is 16.5 Å². The van der Waals surface area contributed by atoms with E-state index in [0.717, 1.165) is 24.6 Å². The summed E-state index contributed by atoms with van der Waals surface area (Å²) in [5, 5.41) is 2.94. The van der Waals surface area contributed by atoms with Crippen molar-refractivity contribution < 1.29 is 4.79 Å². The highest BCUT2D eigenvalue weighted by molar-refractivity contribution is 8.16. The summed E-state index contributed by atoms with van der Waals surface area (Å²) >= 11 is 3.99. The maximum absolute atomic E-state index is 12.5. The Morgan fingerprint density at radius 3 is 2.38 bits per heavy atom. The second kappa shape index (κ2) is 8.35. The standard InChI is InChI=1S/C20H23N3OS2/c24-19(15-4-6-16(7-5-15)20-25-12-3-13-26-20)22-17-8-9-18(21-14-17)23-10-1-2-11-23/h4-9,14,20H,1-3,10-13H2,(H,22,24). The first kappa shape index (κ1) is 17.7. The number of carbonyl (C=O) groups is 1. The van der Waals surface area contributed by atoms with E-state index >= 15 is 0 Å². The average molecular weight is 386 g/mol. The molecule has 0 aliphatic carbocycles. The highest BCUT2D eigenvalue weighted by Crippen LogP contribution is 2.43. The minimum absolute atomic E-state index is 0.0868. The molecule has 2 aromatic rings. The summed E-state index contributed by atoms with van der Waals surface area (Å²) in [7, 11) is 0. The zero-order valence-electron chi connectivity index (χ0n) is 14.7. The molecule has 1 amide bonds. The van der Waals surface area contributed by atoms with E-state index in [1.807, 2.05) is 47.8 Å². The van der Waals surface area contributed by atoms with E-state index in [1.54, 1.807) is 6.20 Å². The van der Waals surface area contributed by atoms with Gasteiger partial charge in [0.25, 0.3) is 5.91 Å². The SMILES string of the molecule is O=C(Nc1ccc(N2CCCC2)nc1)c1ccc(C2SCCCS2)cc1. The molecule has 0 unspecified atom stereocenters. The van der Waals surface area contributed by atoms with E-state index in [4.69, 9.17) is 0 Å². The van der Waals surface area contributed by atoms with Crippen molar-refractivity contribution in [1.82, 2.24) is 4.98 Å². The lowest BCUT2D eigenvalue weighted by Gasteiger charge is -2.21. The number of nitrogens with zero attached hydrogens (tertiary/aromatic N) is 2. The van der Waals surface area contributed by atoms with E-state index in [9.17, 15) is 4.79 Å². The molecule has 0 atom stereocenters. The lowest BCUT2D eigenvalue weighted by molar-refractivity contribution is 0.102. The van der Waals surface area contributed by atoms with Crippen LogP contribution in [-0.2, 0) is 0 Å². The summed E-state index contributed by atoms with van der Waals surface area (Å²) in [6.45, 7) is 2.14. The molecule has 2 aliphatic rings. The van der Waals surface area contributed by atoms with Gasteiger partial charge in [0.2, 0.25) is 0 Å². The van der Waals surface area contributed by atoms with Crippen molar-refractivity contribution in [2.45, 2.75) is 23.8 Å². The van der Waals surface area contributed by atoms with E-state index in [1.165, 1.54) is 36.3 Å². The number of thioether (sulfide) groups is 2. The van der Waals surface area contributed by atoms with Gasteiger partial charge in [-0.25, -0.2) is 4.98 Å². The Labute approximate surface area is 163 Å². The third kappa shape index (κ3) is 4.18. The summed E-state index contributed by atoms with van der Waals surface area (Å²) in [4.78, 5) is 19.3. The van der Waals surface area contributed by atoms with Gasteiger partial charge in [0.15, 0.2) is 0 Å². The smallest absolute Gasteiger partial charge is 0.255 e. The summed E-state index contributed by atoms with van der Waals surface area (Å²) < 4.78 is 0.503. The van der Waals surface area contributed by atoms with Gasteiger partial charge in [0, 0.05) is 18.7 Å². The summed E-state index contributed by atoms with van der Waals surface area (Å²) in [5.41, 5.74) is 2.72. The number of hydrogen-bond acceptors (Lipinski definition) is 5. The maximum Gasteiger partial charge on any atom is 0.255 e. The monoisotopic (exact) mass is 385 g/mol. The third-order valence-corrected chi connectivity index (χ3v) is 7.72. The van der Waals surface area contributed by atoms with Gasteiger partial charge in [-0.05, 0) is 60.6 Å². The maximum atomic E-state index is 12.5. The van der Waals surface area contributed by atoms with Crippen molar-refractivity contribution in [2.75, 3.05) is 34.8 Å². The van der Waals surface area contributed by atoms with Gasteiger partial charge in [-0.2, -0.15) is 0 Å². The molecule has 4 rings (SSSR count). The number of anilines is 2. The number of benzene rings is 1. The van der Waals surface area contributed by atoms with Gasteiger partial charge in [-0.15, -0.1) is 23.5 Å². The van der Waals surface area contributed by atoms with E-state index < -0.39 is 0 Å². The van der Waals surface area contributed by atoms with Crippen LogP contribution in [0.2, 0.25) is 0 Å². The number of nitrogens with one attached hydrogen (secondary N) is 1. The molecule has 0 saturated carbocycles. The second-order valence-electron chi connectivity index (χ2n) is 6.60. The van der Waals surface area contributed by atoms with Crippen LogP contribution in [0.4, 0.5) is 11.5 Å². The Morgan fingerprint density at radius 1 is 1.00 bits per heavy atom. The Kier molecular flexibility index (Phi) is 5.70. The minimum Gasteiger partial charge on any atom is -0.357 e. The Hall–Kier alpha value is -1.66. The van der Waals surface area contributed by atoms with Crippen LogP contribution in [0, 0.1) is 0 Å². The summed E-state index contributed by atoms with van der Waals surface area (Å²) in [6.07, 6.45) is 5.49. The zero-order chi connectivity index (χ0) is 17.8. The van der Waals surface area contributed by atoms with Crippen molar-refractivity contribution in [2.24, 2.45) is 0 Å². The van der Waals surface area contributed by atoms with Crippen molar-refractivity contribution in [3.05, 3.63) is 53.7 Å². The fraction of sp³-hybridized carbons (Fsp3) is 0.400. The van der Waals surface area contributed by atoms with Gasteiger partial charge < -0.3 is 10.2 Å². The fourth-order valence-electron chi connectivity index (χ4n) is 3.27. The van der Waals surface area contributed by atoms with Crippen LogP contribution in [-0.4, -0.2) is 35.5 Å². The second-order valence-corrected chi connectivity index (χ2v) is 9.33. The van der Waals surface area contributed by atoms with Crippen molar-refractivity contribution >= 4 is 40.9 Å². The summed E-state index contributed by atoms with van der Waals surface area (Å²) in [6, 6.07) is 11.9. The molecule has 2 aliphatic heterocycles. The van der Waals surface area contributed by atoms with Crippen LogP contribution in [0.15, 0.2) is 42.6 Å². The predicted molar refractivity (Wildman–Crippen MR) is 112 cm³/mol. The van der Waals surface area contributed by atoms with Crippen LogP contribution in [0.3, 0.4) is 0 Å². The minimum atomic E-state index is -0.0868. The quantitative estimate of drug-likeness (QED) is 0.819. The third-order valence-electron chi connectivity index (χ3n) is 4.71. The molecule has 0 radical (unpaired) electrons. The van der Waals surface area contributed by atoms with Crippen LogP contribution in [0.1, 0.15) is 39.8 Å². The highest BCUT2D eigenvalue weighted by Gasteiger charge is 2.17. The Balaban J connectivity index is 1.38. The van der Waals surface area contributed by atoms with E-state index in [0.29, 0.717) is 10.1 Å². The lowest BCUT2D eigenvalue weighted by atomic mass is 10.1. The van der Waals surface area contributed by atoms with Gasteiger partial charge in [0.1, 0.15) is 5.82 Å². The zero-order valence-corrected chi connectivity index (χ0v) is 16.3. The number of amides is 1. The molecular weight excluding hydrogens is 362 g/mol. The Bertz CT molecular complexity index is 737. The number of carbonyl (C=O) groups excluding carboxylic acids is 1. The van der Waals surface area contributed by atoms with Crippen LogP contribution >= 0.6 is 23.5 Å². The number of aromatic nitrogens is 1. The molecule has 1 aromatic carbocycles. The molecule has 1 N–H and O–H groups in total. The molecule has 4 nitrogen and oxygen atoms in total. The first-order valence-corrected chi connectivity index (χ1v) is 11.2. The van der Waals surface area contributed by atoms with Gasteiger partial charge in [-0.1, -0.05) is 12.1 Å². The number of pyridine rings is 1. The van der Waals surface area contributed by atoms with E-state index in [2.05, 4.69) is 27.3 Å². The fourth-order valence-corrected chi connectivity index (χ4v) is 6.16. The highest BCUT2D eigenvalue weighted by atomic mass is 32.2. The van der Waals surface area contributed by atoms with Crippen LogP contribution in [0.25, 0.3) is 0 Å². The molecule has 2 saturated heterocycles.